The van der Waals surface area contributed by atoms with Gasteiger partial charge in [-0.2, -0.15) is 0 Å². The van der Waals surface area contributed by atoms with Gasteiger partial charge in [0.15, 0.2) is 0 Å². The Kier molecular flexibility index (Phi) is 4.43. The predicted molar refractivity (Wildman–Crippen MR) is 75.1 cm³/mol. The molecule has 19 heavy (non-hydrogen) atoms. The van der Waals surface area contributed by atoms with Crippen LogP contribution in [0.2, 0.25) is 0 Å². The molecule has 0 saturated heterocycles. The Labute approximate surface area is 114 Å². The first-order chi connectivity index (χ1) is 9.06. The fourth-order valence-electron chi connectivity index (χ4n) is 1.90. The zero-order valence-electron chi connectivity index (χ0n) is 11.6. The topological polar surface area (TPSA) is 64.3 Å². The molecular formula is C15H22N2O2. The number of rotatable bonds is 6. The summed E-state index contributed by atoms with van der Waals surface area (Å²) >= 11 is 0. The van der Waals surface area contributed by atoms with Gasteiger partial charge in [-0.05, 0) is 43.9 Å². The molecule has 0 heterocycles. The first-order valence-corrected chi connectivity index (χ1v) is 6.84. The molecule has 4 heteroatoms. The van der Waals surface area contributed by atoms with Gasteiger partial charge in [0.05, 0.1) is 13.0 Å². The lowest BCUT2D eigenvalue weighted by atomic mass is 10.1. The van der Waals surface area contributed by atoms with Gasteiger partial charge in [0.2, 0.25) is 5.91 Å². The molecule has 1 aromatic carbocycles. The van der Waals surface area contributed by atoms with E-state index in [1.54, 1.807) is 0 Å². The molecular weight excluding hydrogens is 240 g/mol. The van der Waals surface area contributed by atoms with Gasteiger partial charge in [0, 0.05) is 12.1 Å². The summed E-state index contributed by atoms with van der Waals surface area (Å²) < 4.78 is 5.64. The minimum atomic E-state index is 0.0251. The summed E-state index contributed by atoms with van der Waals surface area (Å²) in [5, 5.41) is 2.94. The van der Waals surface area contributed by atoms with Crippen molar-refractivity contribution in [2.75, 3.05) is 6.61 Å². The van der Waals surface area contributed by atoms with Crippen LogP contribution < -0.4 is 15.8 Å². The molecule has 1 aliphatic rings. The highest BCUT2D eigenvalue weighted by Gasteiger charge is 2.22. The summed E-state index contributed by atoms with van der Waals surface area (Å²) in [4.78, 5) is 11.5. The van der Waals surface area contributed by atoms with Crippen LogP contribution in [-0.2, 0) is 4.79 Å². The molecule has 1 fully saturated rings. The molecule has 2 rings (SSSR count). The van der Waals surface area contributed by atoms with Crippen molar-refractivity contribution in [3.05, 3.63) is 29.3 Å². The van der Waals surface area contributed by atoms with Gasteiger partial charge in [-0.3, -0.25) is 4.79 Å². The molecule has 0 aromatic heterocycles. The third-order valence-electron chi connectivity index (χ3n) is 3.25. The minimum absolute atomic E-state index is 0.0251. The molecule has 1 amide bonds. The summed E-state index contributed by atoms with van der Waals surface area (Å²) in [7, 11) is 0. The SMILES string of the molecule is Cc1cc([C@H](C)N)ccc1OCCC(=O)NC1CC1. The van der Waals surface area contributed by atoms with Gasteiger partial charge in [0.25, 0.3) is 0 Å². The van der Waals surface area contributed by atoms with Gasteiger partial charge in [-0.15, -0.1) is 0 Å². The Bertz CT molecular complexity index is 453. The van der Waals surface area contributed by atoms with E-state index in [-0.39, 0.29) is 11.9 Å². The van der Waals surface area contributed by atoms with Crippen LogP contribution in [-0.4, -0.2) is 18.6 Å². The Morgan fingerprint density at radius 3 is 2.84 bits per heavy atom. The van der Waals surface area contributed by atoms with Gasteiger partial charge in [-0.25, -0.2) is 0 Å². The fourth-order valence-corrected chi connectivity index (χ4v) is 1.90. The Morgan fingerprint density at radius 2 is 2.26 bits per heavy atom. The van der Waals surface area contributed by atoms with E-state index in [9.17, 15) is 4.79 Å². The third-order valence-corrected chi connectivity index (χ3v) is 3.25. The van der Waals surface area contributed by atoms with Gasteiger partial charge in [0.1, 0.15) is 5.75 Å². The normalized spacial score (nSPS) is 15.9. The third kappa shape index (κ3) is 4.24. The largest absolute Gasteiger partial charge is 0.493 e. The van der Waals surface area contributed by atoms with E-state index >= 15 is 0 Å². The quantitative estimate of drug-likeness (QED) is 0.824. The predicted octanol–water partition coefficient (Wildman–Crippen LogP) is 2.06. The zero-order valence-corrected chi connectivity index (χ0v) is 11.6. The van der Waals surface area contributed by atoms with Crippen LogP contribution in [0.4, 0.5) is 0 Å². The smallest absolute Gasteiger partial charge is 0.223 e. The van der Waals surface area contributed by atoms with Crippen LogP contribution in [0.25, 0.3) is 0 Å². The monoisotopic (exact) mass is 262 g/mol. The number of carbonyl (C=O) groups is 1. The molecule has 104 valence electrons. The number of benzene rings is 1. The number of nitrogens with two attached hydrogens (primary N) is 1. The second-order valence-electron chi connectivity index (χ2n) is 5.25. The lowest BCUT2D eigenvalue weighted by molar-refractivity contribution is -0.121. The lowest BCUT2D eigenvalue weighted by Crippen LogP contribution is -2.26. The molecule has 0 bridgehead atoms. The summed E-state index contributed by atoms with van der Waals surface area (Å²) in [6.07, 6.45) is 2.64. The van der Waals surface area contributed by atoms with E-state index < -0.39 is 0 Å². The summed E-state index contributed by atoms with van der Waals surface area (Å²) in [6.45, 7) is 4.36. The molecule has 0 aliphatic heterocycles. The van der Waals surface area contributed by atoms with E-state index in [1.807, 2.05) is 32.0 Å². The summed E-state index contributed by atoms with van der Waals surface area (Å²) in [5.74, 6) is 0.899. The molecule has 0 radical (unpaired) electrons. The molecule has 4 nitrogen and oxygen atoms in total. The maximum Gasteiger partial charge on any atom is 0.223 e. The van der Waals surface area contributed by atoms with Crippen LogP contribution in [0.5, 0.6) is 5.75 Å². The van der Waals surface area contributed by atoms with Crippen molar-refractivity contribution < 1.29 is 9.53 Å². The number of carbonyl (C=O) groups excluding carboxylic acids is 1. The maximum absolute atomic E-state index is 11.5. The molecule has 3 N–H and O–H groups in total. The van der Waals surface area contributed by atoms with Crippen molar-refractivity contribution in [2.24, 2.45) is 5.73 Å². The highest BCUT2D eigenvalue weighted by Crippen LogP contribution is 2.22. The number of ether oxygens (including phenoxy) is 1. The second kappa shape index (κ2) is 6.06. The Morgan fingerprint density at radius 1 is 1.53 bits per heavy atom. The highest BCUT2D eigenvalue weighted by molar-refractivity contribution is 5.76. The number of hydrogen-bond donors (Lipinski definition) is 2. The molecule has 0 spiro atoms. The number of hydrogen-bond acceptors (Lipinski definition) is 3. The number of aryl methyl sites for hydroxylation is 1. The first kappa shape index (κ1) is 13.9. The van der Waals surface area contributed by atoms with Gasteiger partial charge < -0.3 is 15.8 Å². The standard InChI is InChI=1S/C15H22N2O2/c1-10-9-12(11(2)16)3-6-14(10)19-8-7-15(18)17-13-4-5-13/h3,6,9,11,13H,4-5,7-8,16H2,1-2H3,(H,17,18)/t11-/m0/s1. The van der Waals surface area contributed by atoms with E-state index in [1.165, 1.54) is 0 Å². The molecule has 1 atom stereocenters. The average Bonchev–Trinajstić information content (AvgIpc) is 3.14. The van der Waals surface area contributed by atoms with Crippen molar-refractivity contribution >= 4 is 5.91 Å². The van der Waals surface area contributed by atoms with Crippen molar-refractivity contribution in [3.63, 3.8) is 0 Å². The van der Waals surface area contributed by atoms with Gasteiger partial charge >= 0.3 is 0 Å². The van der Waals surface area contributed by atoms with E-state index in [4.69, 9.17) is 10.5 Å². The Hall–Kier alpha value is -1.55. The summed E-state index contributed by atoms with van der Waals surface area (Å²) in [5.41, 5.74) is 7.98. The van der Waals surface area contributed by atoms with Crippen LogP contribution in [0.3, 0.4) is 0 Å². The van der Waals surface area contributed by atoms with Crippen LogP contribution >= 0.6 is 0 Å². The molecule has 1 saturated carbocycles. The minimum Gasteiger partial charge on any atom is -0.493 e. The van der Waals surface area contributed by atoms with Crippen molar-refractivity contribution in [2.45, 2.75) is 45.2 Å². The zero-order chi connectivity index (χ0) is 13.8. The van der Waals surface area contributed by atoms with Crippen molar-refractivity contribution in [1.82, 2.24) is 5.32 Å². The van der Waals surface area contributed by atoms with Crippen LogP contribution in [0, 0.1) is 6.92 Å². The Balaban J connectivity index is 1.80. The lowest BCUT2D eigenvalue weighted by Gasteiger charge is -2.12. The fraction of sp³-hybridized carbons (Fsp3) is 0.533. The number of nitrogens with one attached hydrogen (secondary N) is 1. The second-order valence-corrected chi connectivity index (χ2v) is 5.25. The van der Waals surface area contributed by atoms with Gasteiger partial charge in [-0.1, -0.05) is 12.1 Å². The number of amides is 1. The van der Waals surface area contributed by atoms with Crippen molar-refractivity contribution in [3.8, 4) is 5.75 Å². The molecule has 1 aromatic rings. The molecule has 0 unspecified atom stereocenters. The molecule has 1 aliphatic carbocycles. The average molecular weight is 262 g/mol. The van der Waals surface area contributed by atoms with E-state index in [2.05, 4.69) is 5.32 Å². The van der Waals surface area contributed by atoms with Crippen LogP contribution in [0.15, 0.2) is 18.2 Å². The van der Waals surface area contributed by atoms with Crippen molar-refractivity contribution in [1.29, 1.82) is 0 Å². The summed E-state index contributed by atoms with van der Waals surface area (Å²) in [6, 6.07) is 6.37. The maximum atomic E-state index is 11.5. The van der Waals surface area contributed by atoms with Crippen LogP contribution in [0.1, 0.15) is 43.4 Å². The van der Waals surface area contributed by atoms with E-state index in [0.717, 1.165) is 29.7 Å². The van der Waals surface area contributed by atoms with E-state index in [0.29, 0.717) is 19.1 Å². The first-order valence-electron chi connectivity index (χ1n) is 6.84. The highest BCUT2D eigenvalue weighted by atomic mass is 16.5.